The van der Waals surface area contributed by atoms with Crippen LogP contribution in [-0.4, -0.2) is 31.3 Å². The SMILES string of the molecule is Cc1ccc(S(=O)(=O)N2CCCC2=C2C(=O)OC2CCc2ccccc2)cc1. The Hall–Kier alpha value is -2.60. The van der Waals surface area contributed by atoms with E-state index in [2.05, 4.69) is 0 Å². The quantitative estimate of drug-likeness (QED) is 0.571. The average Bonchev–Trinajstić information content (AvgIpc) is 3.15. The first-order valence-electron chi connectivity index (χ1n) is 9.54. The van der Waals surface area contributed by atoms with Crippen molar-refractivity contribution in [3.63, 3.8) is 0 Å². The zero-order valence-electron chi connectivity index (χ0n) is 15.8. The molecule has 1 unspecified atom stereocenters. The first-order valence-corrected chi connectivity index (χ1v) is 11.0. The van der Waals surface area contributed by atoms with E-state index in [1.165, 1.54) is 9.87 Å². The monoisotopic (exact) mass is 397 g/mol. The van der Waals surface area contributed by atoms with Gasteiger partial charge in [-0.1, -0.05) is 48.0 Å². The van der Waals surface area contributed by atoms with Crippen molar-refractivity contribution in [2.24, 2.45) is 0 Å². The molecule has 6 heteroatoms. The summed E-state index contributed by atoms with van der Waals surface area (Å²) in [6, 6.07) is 16.8. The predicted octanol–water partition coefficient (Wildman–Crippen LogP) is 3.59. The number of nitrogens with zero attached hydrogens (tertiary/aromatic N) is 1. The number of carbonyl (C=O) groups is 1. The van der Waals surface area contributed by atoms with Gasteiger partial charge in [0, 0.05) is 12.2 Å². The molecule has 0 aliphatic carbocycles. The van der Waals surface area contributed by atoms with Crippen LogP contribution in [0, 0.1) is 6.92 Å². The maximum absolute atomic E-state index is 13.1. The van der Waals surface area contributed by atoms with Crippen molar-refractivity contribution in [2.75, 3.05) is 6.54 Å². The molecule has 0 aromatic heterocycles. The molecule has 0 saturated carbocycles. The van der Waals surface area contributed by atoms with E-state index in [1.807, 2.05) is 37.3 Å². The van der Waals surface area contributed by atoms with Crippen molar-refractivity contribution in [2.45, 2.75) is 43.6 Å². The van der Waals surface area contributed by atoms with Gasteiger partial charge in [0.2, 0.25) is 0 Å². The van der Waals surface area contributed by atoms with E-state index < -0.39 is 10.0 Å². The minimum atomic E-state index is -3.67. The number of sulfonamides is 1. The molecule has 5 nitrogen and oxygen atoms in total. The molecule has 0 N–H and O–H groups in total. The fourth-order valence-electron chi connectivity index (χ4n) is 3.80. The van der Waals surface area contributed by atoms with Gasteiger partial charge in [0.15, 0.2) is 0 Å². The van der Waals surface area contributed by atoms with Crippen LogP contribution < -0.4 is 0 Å². The lowest BCUT2D eigenvalue weighted by Crippen LogP contribution is -2.41. The minimum Gasteiger partial charge on any atom is -0.454 e. The van der Waals surface area contributed by atoms with Gasteiger partial charge in [-0.05, 0) is 50.3 Å². The van der Waals surface area contributed by atoms with Gasteiger partial charge in [-0.25, -0.2) is 13.2 Å². The average molecular weight is 397 g/mol. The number of cyclic esters (lactones) is 1. The third-order valence-electron chi connectivity index (χ3n) is 5.32. The van der Waals surface area contributed by atoms with E-state index in [-0.39, 0.29) is 17.0 Å². The molecule has 2 aromatic rings. The maximum Gasteiger partial charge on any atom is 0.340 e. The summed E-state index contributed by atoms with van der Waals surface area (Å²) in [4.78, 5) is 12.4. The zero-order chi connectivity index (χ0) is 19.7. The molecule has 4 rings (SSSR count). The van der Waals surface area contributed by atoms with Crippen LogP contribution in [0.3, 0.4) is 0 Å². The fourth-order valence-corrected chi connectivity index (χ4v) is 5.38. The predicted molar refractivity (Wildman–Crippen MR) is 106 cm³/mol. The van der Waals surface area contributed by atoms with E-state index in [9.17, 15) is 13.2 Å². The van der Waals surface area contributed by atoms with Crippen molar-refractivity contribution in [3.05, 3.63) is 77.0 Å². The topological polar surface area (TPSA) is 63.7 Å². The number of hydrogen-bond acceptors (Lipinski definition) is 4. The molecule has 2 fully saturated rings. The molecule has 2 saturated heterocycles. The molecule has 1 atom stereocenters. The number of rotatable bonds is 5. The summed E-state index contributed by atoms with van der Waals surface area (Å²) in [6.45, 7) is 2.31. The van der Waals surface area contributed by atoms with Gasteiger partial charge in [0.25, 0.3) is 10.0 Å². The molecule has 2 aliphatic heterocycles. The third kappa shape index (κ3) is 3.44. The lowest BCUT2D eigenvalue weighted by molar-refractivity contribution is -0.156. The number of ether oxygens (including phenoxy) is 1. The van der Waals surface area contributed by atoms with Crippen LogP contribution in [0.4, 0.5) is 0 Å². The molecule has 2 aromatic carbocycles. The van der Waals surface area contributed by atoms with Crippen LogP contribution in [0.1, 0.15) is 30.4 Å². The Labute approximate surface area is 165 Å². The summed E-state index contributed by atoms with van der Waals surface area (Å²) in [7, 11) is -3.67. The Bertz CT molecular complexity index is 1010. The second kappa shape index (κ2) is 7.43. The molecule has 0 bridgehead atoms. The van der Waals surface area contributed by atoms with E-state index in [0.29, 0.717) is 37.1 Å². The van der Waals surface area contributed by atoms with Gasteiger partial charge in [-0.15, -0.1) is 0 Å². The van der Waals surface area contributed by atoms with Crippen molar-refractivity contribution in [1.29, 1.82) is 0 Å². The molecule has 0 amide bonds. The number of allylic oxidation sites excluding steroid dienone is 1. The number of hydrogen-bond donors (Lipinski definition) is 0. The van der Waals surface area contributed by atoms with Crippen LogP contribution in [-0.2, 0) is 26.0 Å². The molecule has 2 aliphatic rings. The second-order valence-corrected chi connectivity index (χ2v) is 9.13. The zero-order valence-corrected chi connectivity index (χ0v) is 16.6. The highest BCUT2D eigenvalue weighted by molar-refractivity contribution is 7.89. The highest BCUT2D eigenvalue weighted by atomic mass is 32.2. The summed E-state index contributed by atoms with van der Waals surface area (Å²) in [5.74, 6) is -0.390. The van der Waals surface area contributed by atoms with E-state index >= 15 is 0 Å². The van der Waals surface area contributed by atoms with Gasteiger partial charge < -0.3 is 4.74 Å². The summed E-state index contributed by atoms with van der Waals surface area (Å²) in [5, 5.41) is 0. The number of aryl methyl sites for hydroxylation is 2. The number of carbonyl (C=O) groups excluding carboxylic acids is 1. The maximum atomic E-state index is 13.1. The summed E-state index contributed by atoms with van der Waals surface area (Å²) in [5.41, 5.74) is 3.31. The highest BCUT2D eigenvalue weighted by Crippen LogP contribution is 2.37. The van der Waals surface area contributed by atoms with E-state index in [0.717, 1.165) is 12.0 Å². The van der Waals surface area contributed by atoms with Crippen molar-refractivity contribution in [3.8, 4) is 0 Å². The van der Waals surface area contributed by atoms with Gasteiger partial charge in [0.1, 0.15) is 6.10 Å². The van der Waals surface area contributed by atoms with Crippen molar-refractivity contribution in [1.82, 2.24) is 4.31 Å². The van der Waals surface area contributed by atoms with Gasteiger partial charge in [0.05, 0.1) is 10.5 Å². The number of esters is 1. The van der Waals surface area contributed by atoms with Crippen LogP contribution >= 0.6 is 0 Å². The smallest absolute Gasteiger partial charge is 0.340 e. The van der Waals surface area contributed by atoms with Gasteiger partial charge in [-0.3, -0.25) is 4.31 Å². The second-order valence-electron chi connectivity index (χ2n) is 7.27. The third-order valence-corrected chi connectivity index (χ3v) is 7.18. The molecular weight excluding hydrogens is 374 g/mol. The highest BCUT2D eigenvalue weighted by Gasteiger charge is 2.43. The summed E-state index contributed by atoms with van der Waals surface area (Å²) < 4.78 is 33.0. The van der Waals surface area contributed by atoms with E-state index in [1.54, 1.807) is 24.3 Å². The largest absolute Gasteiger partial charge is 0.454 e. The lowest BCUT2D eigenvalue weighted by Gasteiger charge is -2.33. The van der Waals surface area contributed by atoms with Crippen molar-refractivity contribution >= 4 is 16.0 Å². The molecule has 0 spiro atoms. The lowest BCUT2D eigenvalue weighted by atomic mass is 9.95. The molecular formula is C22H23NO4S. The molecule has 0 radical (unpaired) electrons. The fraction of sp³-hybridized carbons (Fsp3) is 0.318. The van der Waals surface area contributed by atoms with E-state index in [4.69, 9.17) is 4.74 Å². The van der Waals surface area contributed by atoms with Crippen LogP contribution in [0.15, 0.2) is 70.8 Å². The Balaban J connectivity index is 1.59. The molecule has 28 heavy (non-hydrogen) atoms. The minimum absolute atomic E-state index is 0.256. The first-order chi connectivity index (χ1) is 13.5. The van der Waals surface area contributed by atoms with Crippen LogP contribution in [0.2, 0.25) is 0 Å². The Morgan fingerprint density at radius 3 is 2.46 bits per heavy atom. The van der Waals surface area contributed by atoms with Crippen LogP contribution in [0.25, 0.3) is 0 Å². The van der Waals surface area contributed by atoms with Gasteiger partial charge in [-0.2, -0.15) is 0 Å². The first kappa shape index (κ1) is 18.7. The summed E-state index contributed by atoms with van der Waals surface area (Å²) >= 11 is 0. The molecule has 2 heterocycles. The Morgan fingerprint density at radius 1 is 1.07 bits per heavy atom. The Kier molecular flexibility index (Phi) is 4.98. The number of benzene rings is 2. The van der Waals surface area contributed by atoms with Crippen molar-refractivity contribution < 1.29 is 17.9 Å². The van der Waals surface area contributed by atoms with Crippen LogP contribution in [0.5, 0.6) is 0 Å². The normalized spacial score (nSPS) is 22.1. The summed E-state index contributed by atoms with van der Waals surface area (Å²) in [6.07, 6.45) is 2.39. The molecule has 146 valence electrons. The van der Waals surface area contributed by atoms with Gasteiger partial charge >= 0.3 is 5.97 Å². The Morgan fingerprint density at radius 2 is 1.79 bits per heavy atom. The standard InChI is InChI=1S/C22H23NO4S/c1-16-9-12-18(13-10-16)28(25,26)23-15-5-8-19(23)21-20(27-22(21)24)14-11-17-6-3-2-4-7-17/h2-4,6-7,9-10,12-13,20H,5,8,11,14-15H2,1H3.